The highest BCUT2D eigenvalue weighted by Crippen LogP contribution is 2.48. The van der Waals surface area contributed by atoms with Crippen LogP contribution in [0.15, 0.2) is 11.6 Å². The maximum Gasteiger partial charge on any atom is 0.305 e. The first kappa shape index (κ1) is 17.4. The summed E-state index contributed by atoms with van der Waals surface area (Å²) in [5, 5.41) is 12.0. The van der Waals surface area contributed by atoms with Gasteiger partial charge in [-0.05, 0) is 38.0 Å². The van der Waals surface area contributed by atoms with Crippen LogP contribution in [0.5, 0.6) is 0 Å². The van der Waals surface area contributed by atoms with Crippen molar-refractivity contribution < 1.29 is 24.0 Å². The summed E-state index contributed by atoms with van der Waals surface area (Å²) in [6, 6.07) is 0. The first-order valence-electron chi connectivity index (χ1n) is 8.01. The Labute approximate surface area is 135 Å². The van der Waals surface area contributed by atoms with Gasteiger partial charge in [-0.2, -0.15) is 0 Å². The predicted octanol–water partition coefficient (Wildman–Crippen LogP) is 2.41. The first-order chi connectivity index (χ1) is 10.9. The van der Waals surface area contributed by atoms with Crippen LogP contribution in [0.4, 0.5) is 0 Å². The van der Waals surface area contributed by atoms with Crippen molar-refractivity contribution in [1.82, 2.24) is 0 Å². The Hall–Kier alpha value is -1.92. The number of hydrogen-bond donors (Lipinski definition) is 0. The van der Waals surface area contributed by atoms with Crippen LogP contribution in [-0.2, 0) is 19.1 Å². The van der Waals surface area contributed by atoms with Gasteiger partial charge in [-0.25, -0.2) is 0 Å². The van der Waals surface area contributed by atoms with Gasteiger partial charge in [0, 0.05) is 23.8 Å². The number of ether oxygens (including phenoxy) is 2. The molecule has 0 N–H and O–H groups in total. The van der Waals surface area contributed by atoms with E-state index in [0.717, 1.165) is 31.3 Å². The number of nitro groups is 1. The molecule has 0 heterocycles. The number of carbonyl (C=O) groups is 2. The molecule has 0 aromatic carbocycles. The van der Waals surface area contributed by atoms with Gasteiger partial charge in [-0.15, -0.1) is 0 Å². The van der Waals surface area contributed by atoms with Crippen LogP contribution in [0, 0.1) is 16.0 Å². The second kappa shape index (κ2) is 7.10. The molecule has 0 amide bonds. The number of esters is 2. The van der Waals surface area contributed by atoms with Gasteiger partial charge in [-0.1, -0.05) is 6.08 Å². The molecular weight excluding hydrogens is 302 g/mol. The molecule has 7 nitrogen and oxygen atoms in total. The quantitative estimate of drug-likeness (QED) is 0.333. The average molecular weight is 325 g/mol. The van der Waals surface area contributed by atoms with E-state index in [1.807, 2.05) is 6.08 Å². The van der Waals surface area contributed by atoms with Crippen molar-refractivity contribution in [3.8, 4) is 0 Å². The summed E-state index contributed by atoms with van der Waals surface area (Å²) in [4.78, 5) is 34.6. The van der Waals surface area contributed by atoms with Crippen molar-refractivity contribution in [3.63, 3.8) is 0 Å². The van der Waals surface area contributed by atoms with Crippen LogP contribution < -0.4 is 0 Å². The molecule has 0 aromatic rings. The fourth-order valence-electron chi connectivity index (χ4n) is 3.92. The second-order valence-corrected chi connectivity index (χ2v) is 6.22. The van der Waals surface area contributed by atoms with Crippen LogP contribution >= 0.6 is 0 Å². The lowest BCUT2D eigenvalue weighted by Gasteiger charge is -2.43. The van der Waals surface area contributed by atoms with Crippen LogP contribution in [0.3, 0.4) is 0 Å². The molecular formula is C16H23NO6. The van der Waals surface area contributed by atoms with Crippen LogP contribution in [-0.4, -0.2) is 35.6 Å². The number of hydrogen-bond acceptors (Lipinski definition) is 6. The lowest BCUT2D eigenvalue weighted by Crippen LogP contribution is -2.57. The molecule has 0 aromatic heterocycles. The monoisotopic (exact) mass is 325 g/mol. The molecule has 2 aliphatic carbocycles. The molecule has 0 aliphatic heterocycles. The van der Waals surface area contributed by atoms with Crippen LogP contribution in [0.2, 0.25) is 0 Å². The lowest BCUT2D eigenvalue weighted by molar-refractivity contribution is -0.575. The minimum Gasteiger partial charge on any atom is -0.469 e. The predicted molar refractivity (Wildman–Crippen MR) is 81.2 cm³/mol. The molecule has 0 bridgehead atoms. The van der Waals surface area contributed by atoms with Crippen LogP contribution in [0.1, 0.15) is 51.9 Å². The minimum atomic E-state index is -1.51. The average Bonchev–Trinajstić information content (AvgIpc) is 2.52. The van der Waals surface area contributed by atoms with Crippen molar-refractivity contribution in [2.24, 2.45) is 5.92 Å². The maximum absolute atomic E-state index is 12.0. The van der Waals surface area contributed by atoms with Gasteiger partial charge >= 0.3 is 11.9 Å². The van der Waals surface area contributed by atoms with Crippen molar-refractivity contribution in [2.45, 2.75) is 63.5 Å². The van der Waals surface area contributed by atoms with E-state index in [1.54, 1.807) is 0 Å². The highest BCUT2D eigenvalue weighted by Gasteiger charge is 2.59. The Kier molecular flexibility index (Phi) is 5.38. The van der Waals surface area contributed by atoms with Crippen molar-refractivity contribution >= 4 is 11.9 Å². The third kappa shape index (κ3) is 3.38. The van der Waals surface area contributed by atoms with E-state index in [9.17, 15) is 19.7 Å². The smallest absolute Gasteiger partial charge is 0.305 e. The Balaban J connectivity index is 2.41. The van der Waals surface area contributed by atoms with Crippen molar-refractivity contribution in [2.75, 3.05) is 7.11 Å². The molecule has 3 atom stereocenters. The lowest BCUT2D eigenvalue weighted by atomic mass is 9.64. The highest BCUT2D eigenvalue weighted by molar-refractivity contribution is 5.69. The number of allylic oxidation sites excluding steroid dienone is 1. The summed E-state index contributed by atoms with van der Waals surface area (Å²) >= 11 is 0. The van der Waals surface area contributed by atoms with Crippen LogP contribution in [0.25, 0.3) is 0 Å². The number of carbonyl (C=O) groups excluding carboxylic acids is 2. The molecule has 2 rings (SSSR count). The molecule has 0 spiro atoms. The zero-order chi connectivity index (χ0) is 17.0. The molecule has 0 saturated heterocycles. The second-order valence-electron chi connectivity index (χ2n) is 6.22. The van der Waals surface area contributed by atoms with E-state index in [2.05, 4.69) is 4.74 Å². The molecule has 0 radical (unpaired) electrons. The van der Waals surface area contributed by atoms with E-state index < -0.39 is 23.6 Å². The highest BCUT2D eigenvalue weighted by atomic mass is 16.6. The first-order valence-corrected chi connectivity index (χ1v) is 8.01. The van der Waals surface area contributed by atoms with E-state index in [4.69, 9.17) is 4.74 Å². The van der Waals surface area contributed by atoms with Gasteiger partial charge in [0.15, 0.2) is 6.10 Å². The van der Waals surface area contributed by atoms with Crippen molar-refractivity contribution in [3.05, 3.63) is 21.8 Å². The van der Waals surface area contributed by atoms with E-state index >= 15 is 0 Å². The summed E-state index contributed by atoms with van der Waals surface area (Å²) in [5.41, 5.74) is -0.779. The third-order valence-electron chi connectivity index (χ3n) is 4.94. The summed E-state index contributed by atoms with van der Waals surface area (Å²) in [6.45, 7) is 1.26. The number of rotatable bonds is 5. The van der Waals surface area contributed by atoms with Gasteiger partial charge in [0.1, 0.15) is 0 Å². The topological polar surface area (TPSA) is 95.7 Å². The van der Waals surface area contributed by atoms with Gasteiger partial charge in [0.25, 0.3) is 5.54 Å². The maximum atomic E-state index is 12.0. The summed E-state index contributed by atoms with van der Waals surface area (Å²) < 4.78 is 9.94. The van der Waals surface area contributed by atoms with Crippen molar-refractivity contribution in [1.29, 1.82) is 0 Å². The Morgan fingerprint density at radius 1 is 1.39 bits per heavy atom. The zero-order valence-corrected chi connectivity index (χ0v) is 13.6. The summed E-state index contributed by atoms with van der Waals surface area (Å²) in [6.07, 6.45) is 4.94. The SMILES string of the molecule is COC(=O)CC[C@]1([N+](=O)[O-])C2=CCCC[C@H]2CC[C@@H]1OC(C)=O. The van der Waals surface area contributed by atoms with Gasteiger partial charge in [-0.3, -0.25) is 19.7 Å². The molecule has 1 fully saturated rings. The van der Waals surface area contributed by atoms with Gasteiger partial charge < -0.3 is 9.47 Å². The van der Waals surface area contributed by atoms with Gasteiger partial charge in [0.2, 0.25) is 0 Å². The summed E-state index contributed by atoms with van der Waals surface area (Å²) in [7, 11) is 1.26. The zero-order valence-electron chi connectivity index (χ0n) is 13.6. The number of nitrogens with zero attached hydrogens (tertiary/aromatic N) is 1. The third-order valence-corrected chi connectivity index (χ3v) is 4.94. The fourth-order valence-corrected chi connectivity index (χ4v) is 3.92. The largest absolute Gasteiger partial charge is 0.469 e. The van der Waals surface area contributed by atoms with Gasteiger partial charge in [0.05, 0.1) is 13.5 Å². The van der Waals surface area contributed by atoms with E-state index in [-0.39, 0.29) is 23.7 Å². The molecule has 1 saturated carbocycles. The molecule has 7 heteroatoms. The molecule has 0 unspecified atom stereocenters. The van der Waals surface area contributed by atoms with E-state index in [1.165, 1.54) is 14.0 Å². The normalized spacial score (nSPS) is 29.9. The number of fused-ring (bicyclic) bond motifs is 1. The molecule has 23 heavy (non-hydrogen) atoms. The molecule has 2 aliphatic rings. The molecule has 128 valence electrons. The van der Waals surface area contributed by atoms with E-state index in [0.29, 0.717) is 6.42 Å². The summed E-state index contributed by atoms with van der Waals surface area (Å²) in [5.74, 6) is -0.890. The standard InChI is InChI=1S/C16H23NO6/c1-11(18)23-14-8-7-12-5-3-4-6-13(12)16(14,17(20)21)10-9-15(19)22-2/h6,12,14H,3-5,7-10H2,1-2H3/t12-,14-,16-/m0/s1. The Morgan fingerprint density at radius 3 is 2.74 bits per heavy atom. The Morgan fingerprint density at radius 2 is 2.13 bits per heavy atom. The minimum absolute atomic E-state index is 0.00699. The Bertz CT molecular complexity index is 529. The fraction of sp³-hybridized carbons (Fsp3) is 0.750. The number of methoxy groups -OCH3 is 1.